The summed E-state index contributed by atoms with van der Waals surface area (Å²) in [5, 5.41) is 13.6. The number of halogens is 1. The van der Waals surface area contributed by atoms with Gasteiger partial charge in [0, 0.05) is 0 Å². The summed E-state index contributed by atoms with van der Waals surface area (Å²) < 4.78 is 11.6. The Balaban J connectivity index is 1.59. The van der Waals surface area contributed by atoms with E-state index in [2.05, 4.69) is 5.32 Å². The third-order valence-electron chi connectivity index (χ3n) is 7.37. The molecule has 3 heterocycles. The first-order chi connectivity index (χ1) is 16.9. The molecule has 2 bridgehead atoms. The Labute approximate surface area is 208 Å². The second kappa shape index (κ2) is 9.26. The molecule has 0 aliphatic carbocycles. The number of aliphatic hydroxyl groups is 1. The maximum atomic E-state index is 14.0. The number of hydrogen-bond acceptors (Lipinski definition) is 6. The van der Waals surface area contributed by atoms with Crippen LogP contribution in [-0.2, 0) is 23.9 Å². The van der Waals surface area contributed by atoms with E-state index in [4.69, 9.17) is 21.1 Å². The van der Waals surface area contributed by atoms with E-state index in [-0.39, 0.29) is 6.61 Å². The van der Waals surface area contributed by atoms with Crippen LogP contribution in [0.1, 0.15) is 31.4 Å². The molecule has 2 aromatic carbocycles. The van der Waals surface area contributed by atoms with Crippen LogP contribution < -0.4 is 5.32 Å². The highest BCUT2D eigenvalue weighted by Gasteiger charge is 2.75. The topological polar surface area (TPSA) is 105 Å². The highest BCUT2D eigenvalue weighted by molar-refractivity contribution is 6.33. The van der Waals surface area contributed by atoms with Gasteiger partial charge in [-0.2, -0.15) is 0 Å². The Bertz CT molecular complexity index is 1140. The second-order valence-electron chi connectivity index (χ2n) is 9.13. The molecule has 2 N–H and O–H groups in total. The number of esters is 1. The van der Waals surface area contributed by atoms with Crippen LogP contribution in [0.25, 0.3) is 0 Å². The van der Waals surface area contributed by atoms with Crippen molar-refractivity contribution in [3.05, 3.63) is 65.2 Å². The van der Waals surface area contributed by atoms with Gasteiger partial charge in [-0.25, -0.2) is 0 Å². The van der Waals surface area contributed by atoms with E-state index >= 15 is 0 Å². The average Bonchev–Trinajstić information content (AvgIpc) is 3.50. The fraction of sp³-hybridized carbons (Fsp3) is 0.423. The molecule has 1 spiro atoms. The van der Waals surface area contributed by atoms with Crippen molar-refractivity contribution in [1.82, 2.24) is 4.90 Å². The van der Waals surface area contributed by atoms with Crippen LogP contribution in [0.5, 0.6) is 0 Å². The summed E-state index contributed by atoms with van der Waals surface area (Å²) in [4.78, 5) is 42.2. The molecule has 0 saturated carbocycles. The predicted octanol–water partition coefficient (Wildman–Crippen LogP) is 2.95. The molecular formula is C26H27ClN2O6. The van der Waals surface area contributed by atoms with Gasteiger partial charge >= 0.3 is 5.97 Å². The summed E-state index contributed by atoms with van der Waals surface area (Å²) >= 11 is 6.29. The highest BCUT2D eigenvalue weighted by atomic mass is 35.5. The molecule has 2 unspecified atom stereocenters. The molecule has 5 rings (SSSR count). The van der Waals surface area contributed by atoms with Gasteiger partial charge in [0.2, 0.25) is 11.8 Å². The van der Waals surface area contributed by atoms with Crippen LogP contribution >= 0.6 is 11.6 Å². The normalized spacial score (nSPS) is 29.7. The number of amides is 2. The zero-order valence-corrected chi connectivity index (χ0v) is 20.0. The summed E-state index contributed by atoms with van der Waals surface area (Å²) in [6.07, 6.45) is 0.477. The Morgan fingerprint density at radius 1 is 1.23 bits per heavy atom. The van der Waals surface area contributed by atoms with Crippen molar-refractivity contribution in [2.24, 2.45) is 11.8 Å². The van der Waals surface area contributed by atoms with Crippen LogP contribution in [0, 0.1) is 11.8 Å². The molecule has 9 heteroatoms. The van der Waals surface area contributed by atoms with E-state index in [0.717, 1.165) is 0 Å². The molecule has 6 atom stereocenters. The van der Waals surface area contributed by atoms with E-state index in [0.29, 0.717) is 29.1 Å². The number of carbonyl (C=O) groups is 3. The van der Waals surface area contributed by atoms with Crippen LogP contribution in [0.4, 0.5) is 5.69 Å². The summed E-state index contributed by atoms with van der Waals surface area (Å²) in [6.45, 7) is 1.49. The first-order valence-corrected chi connectivity index (χ1v) is 12.2. The number of hydrogen-bond donors (Lipinski definition) is 2. The van der Waals surface area contributed by atoms with Gasteiger partial charge in [0.1, 0.15) is 11.6 Å². The number of fused-ring (bicyclic) bond motifs is 1. The number of nitrogens with zero attached hydrogens (tertiary/aromatic N) is 1. The van der Waals surface area contributed by atoms with Crippen LogP contribution in [0.3, 0.4) is 0 Å². The maximum absolute atomic E-state index is 14.0. The van der Waals surface area contributed by atoms with Crippen LogP contribution in [-0.4, -0.2) is 58.8 Å². The lowest BCUT2D eigenvalue weighted by atomic mass is 9.70. The smallest absolute Gasteiger partial charge is 0.312 e. The molecule has 0 radical (unpaired) electrons. The molecule has 0 aromatic heterocycles. The van der Waals surface area contributed by atoms with Crippen LogP contribution in [0.2, 0.25) is 5.02 Å². The summed E-state index contributed by atoms with van der Waals surface area (Å²) in [5.41, 5.74) is -0.120. The van der Waals surface area contributed by atoms with Crippen molar-refractivity contribution in [3.63, 3.8) is 0 Å². The molecule has 3 saturated heterocycles. The minimum atomic E-state index is -1.20. The average molecular weight is 499 g/mol. The van der Waals surface area contributed by atoms with Gasteiger partial charge in [-0.3, -0.25) is 14.4 Å². The predicted molar refractivity (Wildman–Crippen MR) is 127 cm³/mol. The molecule has 35 heavy (non-hydrogen) atoms. The van der Waals surface area contributed by atoms with Gasteiger partial charge in [-0.15, -0.1) is 0 Å². The van der Waals surface area contributed by atoms with Crippen LogP contribution in [0.15, 0.2) is 54.6 Å². The van der Waals surface area contributed by atoms with Gasteiger partial charge in [0.25, 0.3) is 0 Å². The van der Waals surface area contributed by atoms with Gasteiger partial charge in [0.05, 0.1) is 47.9 Å². The largest absolute Gasteiger partial charge is 0.466 e. The summed E-state index contributed by atoms with van der Waals surface area (Å²) in [5.74, 6) is -3.04. The molecule has 3 aliphatic rings. The Morgan fingerprint density at radius 3 is 2.63 bits per heavy atom. The van der Waals surface area contributed by atoms with Crippen molar-refractivity contribution < 1.29 is 29.0 Å². The zero-order chi connectivity index (χ0) is 24.7. The molecule has 2 aromatic rings. The lowest BCUT2D eigenvalue weighted by Gasteiger charge is -2.36. The summed E-state index contributed by atoms with van der Waals surface area (Å²) in [7, 11) is 0. The zero-order valence-electron chi connectivity index (χ0n) is 19.2. The number of ether oxygens (including phenoxy) is 2. The van der Waals surface area contributed by atoms with Gasteiger partial charge in [0.15, 0.2) is 0 Å². The van der Waals surface area contributed by atoms with E-state index in [1.165, 1.54) is 4.90 Å². The molecule has 2 amide bonds. The second-order valence-corrected chi connectivity index (χ2v) is 9.54. The molecular weight excluding hydrogens is 472 g/mol. The fourth-order valence-electron chi connectivity index (χ4n) is 6.03. The highest BCUT2D eigenvalue weighted by Crippen LogP contribution is 2.60. The van der Waals surface area contributed by atoms with E-state index < -0.39 is 60.0 Å². The Kier molecular flexibility index (Phi) is 6.29. The number of anilines is 1. The van der Waals surface area contributed by atoms with Gasteiger partial charge in [-0.05, 0) is 37.5 Å². The van der Waals surface area contributed by atoms with Crippen molar-refractivity contribution >= 4 is 35.1 Å². The quantitative estimate of drug-likeness (QED) is 0.569. The maximum Gasteiger partial charge on any atom is 0.312 e. The molecule has 3 fully saturated rings. The number of benzene rings is 2. The lowest BCUT2D eigenvalue weighted by Crippen LogP contribution is -2.54. The first kappa shape index (κ1) is 23.8. The number of nitrogens with one attached hydrogen (secondary N) is 1. The Hall–Kier alpha value is -2.94. The lowest BCUT2D eigenvalue weighted by molar-refractivity contribution is -0.155. The molecule has 8 nitrogen and oxygen atoms in total. The number of likely N-dealkylation sites (tertiary alicyclic amines) is 1. The standard InChI is InChI=1S/C26H27ClN2O6/c1-2-34-25(33)20-19-12-13-26(35-19)21(20)24(32)29(18(14-30)15-8-4-3-5-9-15)22(26)23(31)28-17-11-7-6-10-16(17)27/h3-11,18-22,30H,2,12-14H2,1H3,(H,28,31)/t18-,19+,20-,21+,22?,26?/m1/s1. The van der Waals surface area contributed by atoms with Crippen molar-refractivity contribution in [2.45, 2.75) is 43.6 Å². The molecule has 3 aliphatic heterocycles. The Morgan fingerprint density at radius 2 is 1.94 bits per heavy atom. The van der Waals surface area contributed by atoms with E-state index in [1.54, 1.807) is 55.5 Å². The van der Waals surface area contributed by atoms with Gasteiger partial charge in [-0.1, -0.05) is 54.1 Å². The fourth-order valence-corrected chi connectivity index (χ4v) is 6.21. The number of rotatable bonds is 7. The van der Waals surface area contributed by atoms with Crippen molar-refractivity contribution in [1.29, 1.82) is 0 Å². The monoisotopic (exact) mass is 498 g/mol. The number of para-hydroxylation sites is 1. The summed E-state index contributed by atoms with van der Waals surface area (Å²) in [6, 6.07) is 14.0. The first-order valence-electron chi connectivity index (χ1n) is 11.8. The number of carbonyl (C=O) groups excluding carboxylic acids is 3. The minimum Gasteiger partial charge on any atom is -0.466 e. The van der Waals surface area contributed by atoms with Gasteiger partial charge < -0.3 is 24.8 Å². The molecule has 184 valence electrons. The van der Waals surface area contributed by atoms with Crippen molar-refractivity contribution in [3.8, 4) is 0 Å². The SMILES string of the molecule is CCOC(=O)[C@@H]1[C@@H]2CCC3(O2)C(C(=O)Nc2ccccc2Cl)N([C@H](CO)c2ccccc2)C(=O)[C@H]13. The van der Waals surface area contributed by atoms with E-state index in [1.807, 2.05) is 6.07 Å². The third-order valence-corrected chi connectivity index (χ3v) is 7.70. The van der Waals surface area contributed by atoms with Crippen molar-refractivity contribution in [2.75, 3.05) is 18.5 Å². The minimum absolute atomic E-state index is 0.180. The number of aliphatic hydroxyl groups excluding tert-OH is 1. The third kappa shape index (κ3) is 3.71. The van der Waals surface area contributed by atoms with E-state index in [9.17, 15) is 19.5 Å².